The Morgan fingerprint density at radius 3 is 2.85 bits per heavy atom. The van der Waals surface area contributed by atoms with E-state index in [1.807, 2.05) is 19.1 Å². The summed E-state index contributed by atoms with van der Waals surface area (Å²) in [4.78, 5) is 4.31. The van der Waals surface area contributed by atoms with E-state index in [1.54, 1.807) is 0 Å². The number of nitrogens with two attached hydrogens (primary N) is 1. The van der Waals surface area contributed by atoms with Crippen LogP contribution in [0.5, 0.6) is 0 Å². The number of aryl methyl sites for hydroxylation is 1. The lowest BCUT2D eigenvalue weighted by Gasteiger charge is -2.10. The number of hydrogen-bond acceptors (Lipinski definition) is 3. The molecule has 0 saturated heterocycles. The molecule has 72 valence electrons. The van der Waals surface area contributed by atoms with E-state index in [-0.39, 0.29) is 12.6 Å². The zero-order valence-electron chi connectivity index (χ0n) is 7.50. The van der Waals surface area contributed by atoms with E-state index in [0.717, 1.165) is 15.9 Å². The van der Waals surface area contributed by atoms with Gasteiger partial charge in [0.2, 0.25) is 0 Å². The first-order chi connectivity index (χ1) is 6.15. The molecule has 1 atom stereocenters. The van der Waals surface area contributed by atoms with E-state index in [1.165, 1.54) is 0 Å². The Labute approximate surface area is 86.1 Å². The maximum Gasteiger partial charge on any atom is 0.0575 e. The first kappa shape index (κ1) is 10.6. The van der Waals surface area contributed by atoms with Crippen molar-refractivity contribution in [2.75, 3.05) is 6.61 Å². The molecule has 0 aliphatic carbocycles. The molecule has 0 amide bonds. The number of nitrogens with zero attached hydrogens (tertiary/aromatic N) is 1. The van der Waals surface area contributed by atoms with Crippen LogP contribution in [0.25, 0.3) is 0 Å². The highest BCUT2D eigenvalue weighted by atomic mass is 79.9. The van der Waals surface area contributed by atoms with Crippen molar-refractivity contribution in [2.24, 2.45) is 5.73 Å². The van der Waals surface area contributed by atoms with E-state index in [2.05, 4.69) is 20.9 Å². The van der Waals surface area contributed by atoms with Gasteiger partial charge in [-0.15, -0.1) is 0 Å². The van der Waals surface area contributed by atoms with E-state index >= 15 is 0 Å². The molecule has 1 aromatic rings. The highest BCUT2D eigenvalue weighted by Crippen LogP contribution is 2.17. The van der Waals surface area contributed by atoms with Crippen LogP contribution in [0.1, 0.15) is 23.9 Å². The minimum Gasteiger partial charge on any atom is -0.396 e. The second-order valence-corrected chi connectivity index (χ2v) is 3.78. The molecule has 13 heavy (non-hydrogen) atoms. The van der Waals surface area contributed by atoms with Crippen molar-refractivity contribution in [2.45, 2.75) is 19.4 Å². The molecule has 3 N–H and O–H groups in total. The Kier molecular flexibility index (Phi) is 3.84. The molecule has 0 saturated carbocycles. The second kappa shape index (κ2) is 4.69. The fourth-order valence-electron chi connectivity index (χ4n) is 1.06. The van der Waals surface area contributed by atoms with E-state index in [0.29, 0.717) is 6.42 Å². The highest BCUT2D eigenvalue weighted by molar-refractivity contribution is 9.10. The largest absolute Gasteiger partial charge is 0.396 e. The normalized spacial score (nSPS) is 12.9. The molecular formula is C9H13BrN2O. The Bertz CT molecular complexity index is 291. The van der Waals surface area contributed by atoms with Gasteiger partial charge in [0, 0.05) is 17.1 Å². The van der Waals surface area contributed by atoms with Gasteiger partial charge in [0.25, 0.3) is 0 Å². The summed E-state index contributed by atoms with van der Waals surface area (Å²) in [5.41, 5.74) is 7.54. The number of hydrogen-bond donors (Lipinski definition) is 2. The van der Waals surface area contributed by atoms with Crippen molar-refractivity contribution in [3.63, 3.8) is 0 Å². The van der Waals surface area contributed by atoms with Gasteiger partial charge in [-0.3, -0.25) is 4.98 Å². The van der Waals surface area contributed by atoms with Crippen LogP contribution in [0.15, 0.2) is 16.6 Å². The molecule has 4 heteroatoms. The third kappa shape index (κ3) is 2.76. The third-order valence-electron chi connectivity index (χ3n) is 1.86. The standard InChI is InChI=1S/C9H13BrN2O/c1-6-7(10)2-3-9(12-6)8(11)4-5-13/h2-3,8,13H,4-5,11H2,1H3/t8-/m1/s1. The van der Waals surface area contributed by atoms with Crippen LogP contribution in [0.4, 0.5) is 0 Å². The van der Waals surface area contributed by atoms with Gasteiger partial charge in [0.1, 0.15) is 0 Å². The monoisotopic (exact) mass is 244 g/mol. The SMILES string of the molecule is Cc1nc([C@H](N)CCO)ccc1Br. The quantitative estimate of drug-likeness (QED) is 0.849. The molecule has 0 aromatic carbocycles. The molecule has 0 fully saturated rings. The van der Waals surface area contributed by atoms with Crippen LogP contribution in [0, 0.1) is 6.92 Å². The lowest BCUT2D eigenvalue weighted by atomic mass is 10.1. The summed E-state index contributed by atoms with van der Waals surface area (Å²) in [6.45, 7) is 2.01. The van der Waals surface area contributed by atoms with Crippen molar-refractivity contribution in [1.82, 2.24) is 4.98 Å². The lowest BCUT2D eigenvalue weighted by molar-refractivity contribution is 0.275. The number of aliphatic hydroxyl groups is 1. The fraction of sp³-hybridized carbons (Fsp3) is 0.444. The van der Waals surface area contributed by atoms with Gasteiger partial charge in [-0.1, -0.05) is 0 Å². The van der Waals surface area contributed by atoms with Crippen molar-refractivity contribution < 1.29 is 5.11 Å². The molecule has 0 unspecified atom stereocenters. The van der Waals surface area contributed by atoms with Crippen LogP contribution in [0.3, 0.4) is 0 Å². The van der Waals surface area contributed by atoms with Crippen LogP contribution in [-0.2, 0) is 0 Å². The van der Waals surface area contributed by atoms with Gasteiger partial charge in [0.05, 0.1) is 11.4 Å². The third-order valence-corrected chi connectivity index (χ3v) is 2.70. The van der Waals surface area contributed by atoms with Crippen LogP contribution in [0.2, 0.25) is 0 Å². The topological polar surface area (TPSA) is 59.1 Å². The Balaban J connectivity index is 2.84. The maximum absolute atomic E-state index is 8.70. The van der Waals surface area contributed by atoms with Crippen molar-refractivity contribution >= 4 is 15.9 Å². The minimum absolute atomic E-state index is 0.0952. The Morgan fingerprint density at radius 1 is 1.62 bits per heavy atom. The number of pyridine rings is 1. The van der Waals surface area contributed by atoms with Gasteiger partial charge < -0.3 is 10.8 Å². The van der Waals surface area contributed by atoms with Crippen LogP contribution in [-0.4, -0.2) is 16.7 Å². The number of halogens is 1. The predicted molar refractivity (Wildman–Crippen MR) is 55.3 cm³/mol. The summed E-state index contributed by atoms with van der Waals surface area (Å²) in [5.74, 6) is 0. The average molecular weight is 245 g/mol. The minimum atomic E-state index is -0.170. The fourth-order valence-corrected chi connectivity index (χ4v) is 1.28. The second-order valence-electron chi connectivity index (χ2n) is 2.92. The smallest absolute Gasteiger partial charge is 0.0575 e. The van der Waals surface area contributed by atoms with E-state index < -0.39 is 0 Å². The van der Waals surface area contributed by atoms with Gasteiger partial charge in [0.15, 0.2) is 0 Å². The molecule has 0 spiro atoms. The summed E-state index contributed by atoms with van der Waals surface area (Å²) < 4.78 is 0.979. The van der Waals surface area contributed by atoms with E-state index in [4.69, 9.17) is 10.8 Å². The van der Waals surface area contributed by atoms with Gasteiger partial charge >= 0.3 is 0 Å². The van der Waals surface area contributed by atoms with E-state index in [9.17, 15) is 0 Å². The van der Waals surface area contributed by atoms with Gasteiger partial charge in [-0.05, 0) is 41.4 Å². The molecule has 3 nitrogen and oxygen atoms in total. The number of aliphatic hydroxyl groups excluding tert-OH is 1. The molecule has 1 rings (SSSR count). The molecular weight excluding hydrogens is 232 g/mol. The Hall–Kier alpha value is -0.450. The molecule has 1 heterocycles. The first-order valence-corrected chi connectivity index (χ1v) is 4.94. The van der Waals surface area contributed by atoms with Crippen LogP contribution >= 0.6 is 15.9 Å². The number of aromatic nitrogens is 1. The van der Waals surface area contributed by atoms with Crippen molar-refractivity contribution in [3.05, 3.63) is 28.0 Å². The highest BCUT2D eigenvalue weighted by Gasteiger charge is 2.07. The van der Waals surface area contributed by atoms with Crippen molar-refractivity contribution in [1.29, 1.82) is 0 Å². The lowest BCUT2D eigenvalue weighted by Crippen LogP contribution is -2.13. The Morgan fingerprint density at radius 2 is 2.31 bits per heavy atom. The summed E-state index contributed by atoms with van der Waals surface area (Å²) in [7, 11) is 0. The number of rotatable bonds is 3. The predicted octanol–water partition coefficient (Wildman–Crippen LogP) is 1.53. The average Bonchev–Trinajstić information content (AvgIpc) is 2.10. The van der Waals surface area contributed by atoms with Gasteiger partial charge in [-0.25, -0.2) is 0 Å². The summed E-state index contributed by atoms with van der Waals surface area (Å²) >= 11 is 3.36. The zero-order chi connectivity index (χ0) is 9.84. The molecule has 0 radical (unpaired) electrons. The molecule has 0 bridgehead atoms. The first-order valence-electron chi connectivity index (χ1n) is 4.14. The molecule has 0 aliphatic heterocycles. The summed E-state index contributed by atoms with van der Waals surface area (Å²) in [6.07, 6.45) is 0.550. The van der Waals surface area contributed by atoms with Crippen LogP contribution < -0.4 is 5.73 Å². The maximum atomic E-state index is 8.70. The zero-order valence-corrected chi connectivity index (χ0v) is 9.08. The molecule has 0 aliphatic rings. The molecule has 1 aromatic heterocycles. The van der Waals surface area contributed by atoms with Crippen molar-refractivity contribution in [3.8, 4) is 0 Å². The summed E-state index contributed by atoms with van der Waals surface area (Å²) in [6, 6.07) is 3.63. The van der Waals surface area contributed by atoms with Gasteiger partial charge in [-0.2, -0.15) is 0 Å². The summed E-state index contributed by atoms with van der Waals surface area (Å²) in [5, 5.41) is 8.70.